The van der Waals surface area contributed by atoms with Crippen molar-refractivity contribution < 1.29 is 19.7 Å². The Balaban J connectivity index is 1.99. The molecule has 3 rings (SSSR count). The molecule has 0 fully saturated rings. The molecule has 3 aromatic rings. The molecule has 0 saturated heterocycles. The molecular formula is C17H14N4O6. The van der Waals surface area contributed by atoms with Crippen LogP contribution in [-0.2, 0) is 11.2 Å². The summed E-state index contributed by atoms with van der Waals surface area (Å²) in [6, 6.07) is 9.31. The maximum atomic E-state index is 11.7. The molecule has 0 aliphatic carbocycles. The Morgan fingerprint density at radius 2 is 1.70 bits per heavy atom. The van der Waals surface area contributed by atoms with Gasteiger partial charge in [0.25, 0.3) is 11.4 Å². The first kappa shape index (κ1) is 17.9. The summed E-state index contributed by atoms with van der Waals surface area (Å²) in [7, 11) is 0. The molecule has 10 nitrogen and oxygen atoms in total. The number of carbonyl (C=O) groups is 1. The van der Waals surface area contributed by atoms with Crippen LogP contribution < -0.4 is 5.32 Å². The number of nitro groups is 2. The fourth-order valence-corrected chi connectivity index (χ4v) is 2.88. The number of anilines is 1. The highest BCUT2D eigenvalue weighted by Gasteiger charge is 2.29. The topological polar surface area (TPSA) is 151 Å². The van der Waals surface area contributed by atoms with E-state index in [1.807, 2.05) is 18.2 Å². The highest BCUT2D eigenvalue weighted by molar-refractivity contribution is 5.86. The van der Waals surface area contributed by atoms with Crippen LogP contribution in [0.5, 0.6) is 0 Å². The predicted molar refractivity (Wildman–Crippen MR) is 96.8 cm³/mol. The van der Waals surface area contributed by atoms with E-state index in [-0.39, 0.29) is 6.42 Å². The first-order valence-corrected chi connectivity index (χ1v) is 7.84. The summed E-state index contributed by atoms with van der Waals surface area (Å²) in [4.78, 5) is 35.6. The first-order chi connectivity index (χ1) is 12.9. The molecule has 138 valence electrons. The van der Waals surface area contributed by atoms with Gasteiger partial charge in [0, 0.05) is 35.7 Å². The summed E-state index contributed by atoms with van der Waals surface area (Å²) in [6.45, 7) is 0. The molecule has 1 aromatic heterocycles. The maximum Gasteiger partial charge on any atom is 0.326 e. The van der Waals surface area contributed by atoms with E-state index < -0.39 is 38.9 Å². The molecule has 1 unspecified atom stereocenters. The predicted octanol–water partition coefficient (Wildman–Crippen LogP) is 3.09. The molecule has 3 N–H and O–H groups in total. The van der Waals surface area contributed by atoms with Crippen molar-refractivity contribution in [3.8, 4) is 0 Å². The fourth-order valence-electron chi connectivity index (χ4n) is 2.88. The third-order valence-corrected chi connectivity index (χ3v) is 4.13. The molecule has 0 amide bonds. The van der Waals surface area contributed by atoms with Gasteiger partial charge in [-0.25, -0.2) is 4.79 Å². The Morgan fingerprint density at radius 3 is 2.30 bits per heavy atom. The number of para-hydroxylation sites is 2. The molecule has 1 heterocycles. The number of carboxylic acids is 1. The monoisotopic (exact) mass is 370 g/mol. The number of nitro benzene ring substituents is 2. The van der Waals surface area contributed by atoms with Gasteiger partial charge in [-0.3, -0.25) is 20.2 Å². The van der Waals surface area contributed by atoms with Crippen molar-refractivity contribution in [3.05, 3.63) is 74.5 Å². The van der Waals surface area contributed by atoms with Gasteiger partial charge in [0.15, 0.2) is 5.69 Å². The Hall–Kier alpha value is -3.95. The van der Waals surface area contributed by atoms with E-state index in [4.69, 9.17) is 0 Å². The van der Waals surface area contributed by atoms with Gasteiger partial charge in [-0.2, -0.15) is 0 Å². The van der Waals surface area contributed by atoms with Crippen LogP contribution in [-0.4, -0.2) is 31.9 Å². The van der Waals surface area contributed by atoms with Crippen molar-refractivity contribution in [1.82, 2.24) is 4.98 Å². The normalized spacial score (nSPS) is 11.9. The minimum absolute atomic E-state index is 0.0252. The number of aliphatic carboxylic acids is 1. The van der Waals surface area contributed by atoms with E-state index in [9.17, 15) is 30.1 Å². The molecule has 0 aliphatic rings. The molecule has 10 heteroatoms. The largest absolute Gasteiger partial charge is 0.480 e. The molecular weight excluding hydrogens is 356 g/mol. The highest BCUT2D eigenvalue weighted by atomic mass is 16.6. The number of rotatable bonds is 7. The van der Waals surface area contributed by atoms with E-state index in [1.54, 1.807) is 12.3 Å². The standard InChI is InChI=1S/C17H14N4O6/c22-17(23)13(8-10-9-18-12-5-2-1-4-11(10)12)19-16-14(20(24)25)6-3-7-15(16)21(26)27/h1-7,9,13,18-19H,8H2,(H,22,23). The highest BCUT2D eigenvalue weighted by Crippen LogP contribution is 2.35. The van der Waals surface area contributed by atoms with Gasteiger partial charge < -0.3 is 15.4 Å². The first-order valence-electron chi connectivity index (χ1n) is 7.84. The van der Waals surface area contributed by atoms with Crippen LogP contribution in [0.15, 0.2) is 48.7 Å². The summed E-state index contributed by atoms with van der Waals surface area (Å²) in [6.07, 6.45) is 1.62. The van der Waals surface area contributed by atoms with E-state index in [1.165, 1.54) is 6.07 Å². The Bertz CT molecular complexity index is 1010. The number of nitrogens with one attached hydrogen (secondary N) is 2. The maximum absolute atomic E-state index is 11.7. The molecule has 0 bridgehead atoms. The zero-order valence-electron chi connectivity index (χ0n) is 13.8. The number of hydrogen-bond donors (Lipinski definition) is 3. The molecule has 1 atom stereocenters. The van der Waals surface area contributed by atoms with E-state index in [2.05, 4.69) is 10.3 Å². The van der Waals surface area contributed by atoms with Crippen LogP contribution in [0, 0.1) is 20.2 Å². The van der Waals surface area contributed by atoms with Gasteiger partial charge in [0.05, 0.1) is 9.85 Å². The summed E-state index contributed by atoms with van der Waals surface area (Å²) >= 11 is 0. The number of hydrogen-bond acceptors (Lipinski definition) is 6. The second-order valence-corrected chi connectivity index (χ2v) is 5.78. The second kappa shape index (κ2) is 7.12. The average Bonchev–Trinajstić information content (AvgIpc) is 3.04. The van der Waals surface area contributed by atoms with E-state index >= 15 is 0 Å². The third-order valence-electron chi connectivity index (χ3n) is 4.13. The number of carboxylic acid groups (broad SMARTS) is 1. The molecule has 0 saturated carbocycles. The van der Waals surface area contributed by atoms with Crippen LogP contribution in [0.25, 0.3) is 10.9 Å². The molecule has 27 heavy (non-hydrogen) atoms. The van der Waals surface area contributed by atoms with Gasteiger partial charge in [-0.05, 0) is 17.7 Å². The van der Waals surface area contributed by atoms with Crippen molar-refractivity contribution in [2.75, 3.05) is 5.32 Å². The lowest BCUT2D eigenvalue weighted by atomic mass is 10.0. The Kier molecular flexibility index (Phi) is 4.71. The van der Waals surface area contributed by atoms with Crippen molar-refractivity contribution in [3.63, 3.8) is 0 Å². The average molecular weight is 370 g/mol. The van der Waals surface area contributed by atoms with E-state index in [0.29, 0.717) is 5.56 Å². The van der Waals surface area contributed by atoms with Gasteiger partial charge in [-0.15, -0.1) is 0 Å². The van der Waals surface area contributed by atoms with Crippen molar-refractivity contribution >= 4 is 33.9 Å². The van der Waals surface area contributed by atoms with Crippen LogP contribution in [0.2, 0.25) is 0 Å². The fraction of sp³-hybridized carbons (Fsp3) is 0.118. The second-order valence-electron chi connectivity index (χ2n) is 5.78. The summed E-state index contributed by atoms with van der Waals surface area (Å²) < 4.78 is 0. The minimum Gasteiger partial charge on any atom is -0.480 e. The lowest BCUT2D eigenvalue weighted by Crippen LogP contribution is -2.32. The Morgan fingerprint density at radius 1 is 1.07 bits per heavy atom. The van der Waals surface area contributed by atoms with Crippen molar-refractivity contribution in [2.24, 2.45) is 0 Å². The van der Waals surface area contributed by atoms with Crippen LogP contribution >= 0.6 is 0 Å². The number of nitrogens with zero attached hydrogens (tertiary/aromatic N) is 2. The smallest absolute Gasteiger partial charge is 0.326 e. The van der Waals surface area contributed by atoms with Crippen molar-refractivity contribution in [2.45, 2.75) is 12.5 Å². The zero-order chi connectivity index (χ0) is 19.6. The summed E-state index contributed by atoms with van der Waals surface area (Å²) in [5.74, 6) is -1.28. The van der Waals surface area contributed by atoms with Gasteiger partial charge >= 0.3 is 5.97 Å². The quantitative estimate of drug-likeness (QED) is 0.427. The number of aromatic amines is 1. The van der Waals surface area contributed by atoms with Crippen LogP contribution in [0.3, 0.4) is 0 Å². The van der Waals surface area contributed by atoms with E-state index in [0.717, 1.165) is 23.0 Å². The van der Waals surface area contributed by atoms with Crippen molar-refractivity contribution in [1.29, 1.82) is 0 Å². The molecule has 2 aromatic carbocycles. The lowest BCUT2D eigenvalue weighted by molar-refractivity contribution is -0.392. The number of aromatic nitrogens is 1. The molecule has 0 spiro atoms. The summed E-state index contributed by atoms with van der Waals surface area (Å²) in [5.41, 5.74) is -0.0662. The van der Waals surface area contributed by atoms with Crippen LogP contribution in [0.1, 0.15) is 5.56 Å². The molecule has 0 radical (unpaired) electrons. The van der Waals surface area contributed by atoms with Crippen LogP contribution in [0.4, 0.5) is 17.1 Å². The number of fused-ring (bicyclic) bond motifs is 1. The van der Waals surface area contributed by atoms with Gasteiger partial charge in [0.1, 0.15) is 6.04 Å². The zero-order valence-corrected chi connectivity index (χ0v) is 13.8. The minimum atomic E-state index is -1.30. The molecule has 0 aliphatic heterocycles. The SMILES string of the molecule is O=C(O)C(Cc1c[nH]c2ccccc12)Nc1c([N+](=O)[O-])cccc1[N+](=O)[O-]. The Labute approximate surface area is 151 Å². The van der Waals surface area contributed by atoms with Gasteiger partial charge in [-0.1, -0.05) is 18.2 Å². The third kappa shape index (κ3) is 3.54. The summed E-state index contributed by atoms with van der Waals surface area (Å²) in [5, 5.41) is 35.3. The number of benzene rings is 2. The van der Waals surface area contributed by atoms with Gasteiger partial charge in [0.2, 0.25) is 0 Å². The number of H-pyrrole nitrogens is 1. The lowest BCUT2D eigenvalue weighted by Gasteiger charge is -2.15.